The molecule has 3 heterocycles. The number of rotatable bonds is 3. The summed E-state index contributed by atoms with van der Waals surface area (Å²) in [5.41, 5.74) is 2.00. The topological polar surface area (TPSA) is 58.4 Å². The summed E-state index contributed by atoms with van der Waals surface area (Å²) in [6.45, 7) is 0.565. The van der Waals surface area contributed by atoms with E-state index < -0.39 is 0 Å². The van der Waals surface area contributed by atoms with Gasteiger partial charge in [0.15, 0.2) is 0 Å². The smallest absolute Gasteiger partial charge is 0.237 e. The van der Waals surface area contributed by atoms with E-state index >= 15 is 0 Å². The first-order valence-corrected chi connectivity index (χ1v) is 8.25. The highest BCUT2D eigenvalue weighted by molar-refractivity contribution is 5.82. The summed E-state index contributed by atoms with van der Waals surface area (Å²) >= 11 is 0. The van der Waals surface area contributed by atoms with Crippen molar-refractivity contribution in [3.63, 3.8) is 0 Å². The van der Waals surface area contributed by atoms with Gasteiger partial charge in [-0.2, -0.15) is 0 Å². The summed E-state index contributed by atoms with van der Waals surface area (Å²) in [5, 5.41) is 6.59. The second kappa shape index (κ2) is 5.72. The van der Waals surface area contributed by atoms with E-state index in [9.17, 15) is 4.79 Å². The molecule has 2 fully saturated rings. The van der Waals surface area contributed by atoms with Crippen LogP contribution in [0.2, 0.25) is 0 Å². The maximum atomic E-state index is 12.4. The number of nitrogens with zero attached hydrogens (tertiary/aromatic N) is 2. The Hall–Kier alpha value is -1.88. The molecule has 0 spiro atoms. The predicted octanol–water partition coefficient (Wildman–Crippen LogP) is 1.87. The molecule has 5 heteroatoms. The van der Waals surface area contributed by atoms with Gasteiger partial charge < -0.3 is 15.0 Å². The zero-order chi connectivity index (χ0) is 14.9. The zero-order valence-electron chi connectivity index (χ0n) is 12.7. The number of fused-ring (bicyclic) bond motifs is 2. The molecule has 1 aliphatic carbocycles. The van der Waals surface area contributed by atoms with Gasteiger partial charge in [-0.1, -0.05) is 12.8 Å². The Morgan fingerprint density at radius 3 is 3.18 bits per heavy atom. The minimum Gasteiger partial charge on any atom is -0.351 e. The van der Waals surface area contributed by atoms with Crippen molar-refractivity contribution in [2.24, 2.45) is 5.92 Å². The van der Waals surface area contributed by atoms with E-state index in [2.05, 4.69) is 15.6 Å². The molecule has 116 valence electrons. The summed E-state index contributed by atoms with van der Waals surface area (Å²) in [7, 11) is 0. The van der Waals surface area contributed by atoms with Gasteiger partial charge in [-0.05, 0) is 42.9 Å². The largest absolute Gasteiger partial charge is 0.351 e. The summed E-state index contributed by atoms with van der Waals surface area (Å²) in [4.78, 5) is 16.7. The zero-order valence-corrected chi connectivity index (χ0v) is 12.7. The summed E-state index contributed by atoms with van der Waals surface area (Å²) in [6, 6.07) is 4.59. The van der Waals surface area contributed by atoms with E-state index in [4.69, 9.17) is 0 Å². The van der Waals surface area contributed by atoms with Crippen LogP contribution in [-0.2, 0) is 11.3 Å². The summed E-state index contributed by atoms with van der Waals surface area (Å²) in [5.74, 6) is 0.836. The van der Waals surface area contributed by atoms with Crippen LogP contribution in [0, 0.1) is 5.92 Å². The van der Waals surface area contributed by atoms with Crippen LogP contribution < -0.4 is 10.6 Å². The van der Waals surface area contributed by atoms with Gasteiger partial charge in [0, 0.05) is 31.2 Å². The first kappa shape index (κ1) is 13.8. The molecule has 2 aromatic heterocycles. The second-order valence-corrected chi connectivity index (χ2v) is 6.55. The molecule has 3 unspecified atom stereocenters. The van der Waals surface area contributed by atoms with Crippen LogP contribution in [-0.4, -0.2) is 27.4 Å². The van der Waals surface area contributed by atoms with Gasteiger partial charge in [0.25, 0.3) is 0 Å². The van der Waals surface area contributed by atoms with Crippen molar-refractivity contribution in [2.45, 2.75) is 50.7 Å². The van der Waals surface area contributed by atoms with Crippen molar-refractivity contribution in [1.29, 1.82) is 0 Å². The number of hydrogen-bond acceptors (Lipinski definition) is 3. The molecule has 1 aliphatic heterocycles. The molecular weight excluding hydrogens is 276 g/mol. The highest BCUT2D eigenvalue weighted by atomic mass is 16.2. The van der Waals surface area contributed by atoms with Gasteiger partial charge in [-0.15, -0.1) is 0 Å². The first-order chi connectivity index (χ1) is 10.8. The Balaban J connectivity index is 1.36. The minimum absolute atomic E-state index is 0.0109. The van der Waals surface area contributed by atoms with Crippen LogP contribution in [0.1, 0.15) is 37.7 Å². The highest BCUT2D eigenvalue weighted by Crippen LogP contribution is 2.33. The van der Waals surface area contributed by atoms with E-state index in [1.54, 1.807) is 6.20 Å². The molecule has 2 aromatic rings. The number of carbonyl (C=O) groups is 1. The molecular formula is C17H22N4O. The number of hydrogen-bond donors (Lipinski definition) is 2. The lowest BCUT2D eigenvalue weighted by Gasteiger charge is -2.24. The molecule has 2 N–H and O–H groups in total. The second-order valence-electron chi connectivity index (χ2n) is 6.55. The van der Waals surface area contributed by atoms with Gasteiger partial charge in [-0.25, -0.2) is 4.98 Å². The van der Waals surface area contributed by atoms with Crippen LogP contribution in [0.5, 0.6) is 0 Å². The Morgan fingerprint density at radius 1 is 1.36 bits per heavy atom. The Bertz CT molecular complexity index is 666. The first-order valence-electron chi connectivity index (χ1n) is 8.25. The van der Waals surface area contributed by atoms with Crippen LogP contribution in [0.3, 0.4) is 0 Å². The Kier molecular flexibility index (Phi) is 3.58. The molecule has 3 atom stereocenters. The van der Waals surface area contributed by atoms with Gasteiger partial charge in [0.1, 0.15) is 5.65 Å². The third-order valence-electron chi connectivity index (χ3n) is 5.11. The summed E-state index contributed by atoms with van der Waals surface area (Å²) in [6.07, 6.45) is 11.8. The number of pyridine rings is 1. The molecule has 0 bridgehead atoms. The Morgan fingerprint density at radius 2 is 2.27 bits per heavy atom. The van der Waals surface area contributed by atoms with E-state index in [1.807, 2.05) is 28.9 Å². The molecule has 0 aromatic carbocycles. The van der Waals surface area contributed by atoms with Crippen molar-refractivity contribution < 1.29 is 4.79 Å². The molecule has 1 saturated heterocycles. The predicted molar refractivity (Wildman–Crippen MR) is 84.3 cm³/mol. The van der Waals surface area contributed by atoms with Crippen LogP contribution >= 0.6 is 0 Å². The normalized spacial score (nSPS) is 27.7. The number of amides is 1. The fraction of sp³-hybridized carbons (Fsp3) is 0.529. The van der Waals surface area contributed by atoms with Crippen molar-refractivity contribution in [3.05, 3.63) is 36.3 Å². The minimum atomic E-state index is -0.0109. The fourth-order valence-corrected chi connectivity index (χ4v) is 3.90. The number of aromatic nitrogens is 2. The number of imidazole rings is 1. The maximum absolute atomic E-state index is 12.4. The average Bonchev–Trinajstić information content (AvgIpc) is 3.18. The standard InChI is InChI=1S/C17H22N4O/c22-17(15-10-13-3-1-2-4-14(13)20-15)19-11-12-5-7-21-8-6-18-16(21)9-12/h5-9,13-15,20H,1-4,10-11H2,(H,19,22). The van der Waals surface area contributed by atoms with Crippen molar-refractivity contribution in [3.8, 4) is 0 Å². The fourth-order valence-electron chi connectivity index (χ4n) is 3.90. The molecule has 1 saturated carbocycles. The maximum Gasteiger partial charge on any atom is 0.237 e. The van der Waals surface area contributed by atoms with Crippen molar-refractivity contribution >= 4 is 11.6 Å². The molecule has 2 aliphatic rings. The van der Waals surface area contributed by atoms with E-state index in [0.717, 1.165) is 17.6 Å². The van der Waals surface area contributed by atoms with E-state index in [0.29, 0.717) is 18.5 Å². The highest BCUT2D eigenvalue weighted by Gasteiger charge is 2.37. The molecule has 0 radical (unpaired) electrons. The lowest BCUT2D eigenvalue weighted by Crippen LogP contribution is -2.42. The molecule has 5 nitrogen and oxygen atoms in total. The third-order valence-corrected chi connectivity index (χ3v) is 5.11. The Labute approximate surface area is 130 Å². The van der Waals surface area contributed by atoms with Gasteiger partial charge in [0.2, 0.25) is 5.91 Å². The molecule has 22 heavy (non-hydrogen) atoms. The average molecular weight is 298 g/mol. The molecule has 1 amide bonds. The van der Waals surface area contributed by atoms with Crippen LogP contribution in [0.15, 0.2) is 30.7 Å². The monoisotopic (exact) mass is 298 g/mol. The summed E-state index contributed by atoms with van der Waals surface area (Å²) < 4.78 is 1.97. The van der Waals surface area contributed by atoms with Gasteiger partial charge >= 0.3 is 0 Å². The SMILES string of the molecule is O=C(NCc1ccn2ccnc2c1)C1CC2CCCCC2N1. The lowest BCUT2D eigenvalue weighted by molar-refractivity contribution is -0.123. The lowest BCUT2D eigenvalue weighted by atomic mass is 9.85. The number of carbonyl (C=O) groups excluding carboxylic acids is 1. The van der Waals surface area contributed by atoms with Gasteiger partial charge in [-0.3, -0.25) is 4.79 Å². The van der Waals surface area contributed by atoms with Crippen molar-refractivity contribution in [1.82, 2.24) is 20.0 Å². The van der Waals surface area contributed by atoms with E-state index in [-0.39, 0.29) is 11.9 Å². The third kappa shape index (κ3) is 2.61. The molecule has 4 rings (SSSR count). The number of nitrogens with one attached hydrogen (secondary N) is 2. The van der Waals surface area contributed by atoms with Crippen LogP contribution in [0.25, 0.3) is 5.65 Å². The van der Waals surface area contributed by atoms with Crippen LogP contribution in [0.4, 0.5) is 0 Å². The van der Waals surface area contributed by atoms with E-state index in [1.165, 1.54) is 25.7 Å². The quantitative estimate of drug-likeness (QED) is 0.909. The van der Waals surface area contributed by atoms with Crippen molar-refractivity contribution in [2.75, 3.05) is 0 Å². The van der Waals surface area contributed by atoms with Gasteiger partial charge in [0.05, 0.1) is 6.04 Å².